The average Bonchev–Trinajstić information content (AvgIpc) is 2.37. The number of rotatable bonds is 7. The first-order chi connectivity index (χ1) is 8.99. The molecule has 106 valence electrons. The molecule has 0 unspecified atom stereocenters. The van der Waals surface area contributed by atoms with Crippen molar-refractivity contribution in [2.24, 2.45) is 0 Å². The minimum Gasteiger partial charge on any atom is -0.496 e. The van der Waals surface area contributed by atoms with Gasteiger partial charge < -0.3 is 14.6 Å². The monoisotopic (exact) mass is 266 g/mol. The van der Waals surface area contributed by atoms with E-state index in [-0.39, 0.29) is 6.42 Å². The summed E-state index contributed by atoms with van der Waals surface area (Å²) in [5, 5.41) is 8.69. The van der Waals surface area contributed by atoms with Crippen molar-refractivity contribution in [3.8, 4) is 11.5 Å². The van der Waals surface area contributed by atoms with E-state index in [2.05, 4.69) is 19.9 Å². The minimum atomic E-state index is -0.767. The molecule has 1 aromatic carbocycles. The van der Waals surface area contributed by atoms with Crippen molar-refractivity contribution in [1.82, 2.24) is 0 Å². The van der Waals surface area contributed by atoms with Crippen LogP contribution < -0.4 is 9.47 Å². The van der Waals surface area contributed by atoms with Crippen LogP contribution in [-0.4, -0.2) is 25.3 Å². The van der Waals surface area contributed by atoms with Crippen molar-refractivity contribution in [3.63, 3.8) is 0 Å². The molecule has 0 saturated carbocycles. The molecule has 0 heterocycles. The number of carbonyl (C=O) groups is 1. The van der Waals surface area contributed by atoms with Crippen LogP contribution in [0.3, 0.4) is 0 Å². The third-order valence-corrected chi connectivity index (χ3v) is 3.09. The van der Waals surface area contributed by atoms with Crippen LogP contribution in [0.25, 0.3) is 0 Å². The lowest BCUT2D eigenvalue weighted by molar-refractivity contribution is -0.137. The Balaban J connectivity index is 3.00. The molecule has 4 nitrogen and oxygen atoms in total. The molecule has 0 radical (unpaired) electrons. The van der Waals surface area contributed by atoms with E-state index in [0.29, 0.717) is 18.8 Å². The SMILES string of the molecule is COc1cc(OC)c(C(C)C)cc1CCCC(=O)O. The van der Waals surface area contributed by atoms with Gasteiger partial charge in [-0.05, 0) is 36.0 Å². The fourth-order valence-corrected chi connectivity index (χ4v) is 2.07. The normalized spacial score (nSPS) is 10.6. The summed E-state index contributed by atoms with van der Waals surface area (Å²) in [7, 11) is 3.26. The zero-order chi connectivity index (χ0) is 14.4. The lowest BCUT2D eigenvalue weighted by atomic mass is 9.96. The Morgan fingerprint density at radius 1 is 1.21 bits per heavy atom. The van der Waals surface area contributed by atoms with Gasteiger partial charge in [0.05, 0.1) is 14.2 Å². The first-order valence-corrected chi connectivity index (χ1v) is 6.46. The van der Waals surface area contributed by atoms with Crippen LogP contribution in [0.1, 0.15) is 43.7 Å². The molecular weight excluding hydrogens is 244 g/mol. The number of methoxy groups -OCH3 is 2. The molecule has 0 aliphatic carbocycles. The summed E-state index contributed by atoms with van der Waals surface area (Å²) in [6.45, 7) is 4.21. The largest absolute Gasteiger partial charge is 0.496 e. The van der Waals surface area contributed by atoms with E-state index in [1.54, 1.807) is 14.2 Å². The number of hydrogen-bond donors (Lipinski definition) is 1. The number of carboxylic acids is 1. The first-order valence-electron chi connectivity index (χ1n) is 6.46. The first kappa shape index (κ1) is 15.3. The van der Waals surface area contributed by atoms with E-state index in [9.17, 15) is 4.79 Å². The van der Waals surface area contributed by atoms with Gasteiger partial charge in [0.25, 0.3) is 0 Å². The lowest BCUT2D eigenvalue weighted by Crippen LogP contribution is -2.01. The van der Waals surface area contributed by atoms with Crippen molar-refractivity contribution in [3.05, 3.63) is 23.3 Å². The molecule has 1 aromatic rings. The van der Waals surface area contributed by atoms with E-state index in [4.69, 9.17) is 14.6 Å². The highest BCUT2D eigenvalue weighted by Gasteiger charge is 2.13. The molecule has 0 spiro atoms. The quantitative estimate of drug-likeness (QED) is 0.823. The Morgan fingerprint density at radius 2 is 1.84 bits per heavy atom. The van der Waals surface area contributed by atoms with Crippen molar-refractivity contribution in [1.29, 1.82) is 0 Å². The molecule has 0 aromatic heterocycles. The molecule has 0 fully saturated rings. The van der Waals surface area contributed by atoms with Crippen molar-refractivity contribution in [2.75, 3.05) is 14.2 Å². The maximum absolute atomic E-state index is 10.6. The summed E-state index contributed by atoms with van der Waals surface area (Å²) in [6, 6.07) is 3.94. The number of benzene rings is 1. The second-order valence-corrected chi connectivity index (χ2v) is 4.81. The zero-order valence-corrected chi connectivity index (χ0v) is 12.0. The molecule has 0 atom stereocenters. The van der Waals surface area contributed by atoms with Gasteiger partial charge in [-0.3, -0.25) is 4.79 Å². The third kappa shape index (κ3) is 4.16. The van der Waals surface area contributed by atoms with Crippen LogP contribution >= 0.6 is 0 Å². The summed E-state index contributed by atoms with van der Waals surface area (Å²) in [4.78, 5) is 10.6. The van der Waals surface area contributed by atoms with Crippen LogP contribution in [0.15, 0.2) is 12.1 Å². The highest BCUT2D eigenvalue weighted by molar-refractivity contribution is 5.66. The Hall–Kier alpha value is -1.71. The number of ether oxygens (including phenoxy) is 2. The molecule has 0 aliphatic rings. The number of aliphatic carboxylic acids is 1. The van der Waals surface area contributed by atoms with E-state index < -0.39 is 5.97 Å². The molecule has 1 N–H and O–H groups in total. The fraction of sp³-hybridized carbons (Fsp3) is 0.533. The van der Waals surface area contributed by atoms with Gasteiger partial charge in [0, 0.05) is 12.5 Å². The number of aryl methyl sites for hydroxylation is 1. The van der Waals surface area contributed by atoms with E-state index >= 15 is 0 Å². The molecule has 0 bridgehead atoms. The van der Waals surface area contributed by atoms with Crippen molar-refractivity contribution >= 4 is 5.97 Å². The summed E-state index contributed by atoms with van der Waals surface area (Å²) < 4.78 is 10.7. The molecule has 0 aliphatic heterocycles. The topological polar surface area (TPSA) is 55.8 Å². The Morgan fingerprint density at radius 3 is 2.32 bits per heavy atom. The van der Waals surface area contributed by atoms with Gasteiger partial charge in [0.2, 0.25) is 0 Å². The zero-order valence-electron chi connectivity index (χ0n) is 12.0. The number of carboxylic acid groups (broad SMARTS) is 1. The number of hydrogen-bond acceptors (Lipinski definition) is 3. The Bertz CT molecular complexity index is 438. The smallest absolute Gasteiger partial charge is 0.303 e. The molecule has 19 heavy (non-hydrogen) atoms. The van der Waals surface area contributed by atoms with Gasteiger partial charge in [-0.15, -0.1) is 0 Å². The highest BCUT2D eigenvalue weighted by Crippen LogP contribution is 2.34. The van der Waals surface area contributed by atoms with Gasteiger partial charge in [0.1, 0.15) is 11.5 Å². The van der Waals surface area contributed by atoms with E-state index in [1.807, 2.05) is 6.07 Å². The Kier molecular flexibility index (Phi) is 5.67. The van der Waals surface area contributed by atoms with Gasteiger partial charge in [-0.1, -0.05) is 13.8 Å². The highest BCUT2D eigenvalue weighted by atomic mass is 16.5. The summed E-state index contributed by atoms with van der Waals surface area (Å²) >= 11 is 0. The minimum absolute atomic E-state index is 0.173. The van der Waals surface area contributed by atoms with Crippen LogP contribution in [-0.2, 0) is 11.2 Å². The molecule has 4 heteroatoms. The van der Waals surface area contributed by atoms with Gasteiger partial charge in [-0.2, -0.15) is 0 Å². The fourth-order valence-electron chi connectivity index (χ4n) is 2.07. The predicted molar refractivity (Wildman–Crippen MR) is 74.2 cm³/mol. The second kappa shape index (κ2) is 7.02. The van der Waals surface area contributed by atoms with Crippen LogP contribution in [0.5, 0.6) is 11.5 Å². The van der Waals surface area contributed by atoms with Crippen LogP contribution in [0.4, 0.5) is 0 Å². The van der Waals surface area contributed by atoms with Crippen molar-refractivity contribution < 1.29 is 19.4 Å². The molecule has 0 amide bonds. The van der Waals surface area contributed by atoms with Gasteiger partial charge >= 0.3 is 5.97 Å². The van der Waals surface area contributed by atoms with Gasteiger partial charge in [0.15, 0.2) is 0 Å². The standard InChI is InChI=1S/C15H22O4/c1-10(2)12-8-11(6-5-7-15(16)17)13(18-3)9-14(12)19-4/h8-10H,5-7H2,1-4H3,(H,16,17). The predicted octanol–water partition coefficient (Wildman–Crippen LogP) is 3.23. The lowest BCUT2D eigenvalue weighted by Gasteiger charge is -2.16. The van der Waals surface area contributed by atoms with Crippen LogP contribution in [0, 0.1) is 0 Å². The summed E-state index contributed by atoms with van der Waals surface area (Å²) in [6.07, 6.45) is 1.47. The third-order valence-electron chi connectivity index (χ3n) is 3.09. The second-order valence-electron chi connectivity index (χ2n) is 4.81. The molecule has 0 saturated heterocycles. The molecular formula is C15H22O4. The average molecular weight is 266 g/mol. The summed E-state index contributed by atoms with van der Waals surface area (Å²) in [5.41, 5.74) is 2.15. The van der Waals surface area contributed by atoms with Crippen molar-refractivity contribution in [2.45, 2.75) is 39.0 Å². The van der Waals surface area contributed by atoms with E-state index in [1.165, 1.54) is 0 Å². The maximum Gasteiger partial charge on any atom is 0.303 e. The van der Waals surface area contributed by atoms with Gasteiger partial charge in [-0.25, -0.2) is 0 Å². The molecule has 1 rings (SSSR count). The van der Waals surface area contributed by atoms with E-state index in [0.717, 1.165) is 22.6 Å². The Labute approximate surface area is 114 Å². The maximum atomic E-state index is 10.6. The van der Waals surface area contributed by atoms with Crippen LogP contribution in [0.2, 0.25) is 0 Å². The summed E-state index contributed by atoms with van der Waals surface area (Å²) in [5.74, 6) is 1.15.